The summed E-state index contributed by atoms with van der Waals surface area (Å²) in [5.41, 5.74) is 4.61. The molecule has 4 rings (SSSR count). The van der Waals surface area contributed by atoms with Gasteiger partial charge in [-0.15, -0.1) is 0 Å². The average Bonchev–Trinajstić information content (AvgIpc) is 3.10. The van der Waals surface area contributed by atoms with Gasteiger partial charge in [0.1, 0.15) is 11.5 Å². The molecule has 0 saturated heterocycles. The van der Waals surface area contributed by atoms with E-state index in [-0.39, 0.29) is 6.04 Å². The lowest BCUT2D eigenvalue weighted by molar-refractivity contribution is 0.414. The highest BCUT2D eigenvalue weighted by atomic mass is 16.5. The standard InChI is InChI=1S/C19H18N2O2/c1-22-14-7-5-13(6-8-14)19-18-4-3-11-21(18)17-10-9-15(23-2)12-16(17)20-19/h3-12,19-20H,1-2H3/t19-/m1/s1. The van der Waals surface area contributed by atoms with Crippen molar-refractivity contribution in [2.45, 2.75) is 6.04 Å². The predicted molar refractivity (Wildman–Crippen MR) is 90.8 cm³/mol. The van der Waals surface area contributed by atoms with Crippen molar-refractivity contribution in [3.05, 3.63) is 72.1 Å². The van der Waals surface area contributed by atoms with Crippen LogP contribution in [0.4, 0.5) is 5.69 Å². The summed E-state index contributed by atoms with van der Waals surface area (Å²) in [5.74, 6) is 1.71. The number of nitrogens with zero attached hydrogens (tertiary/aromatic N) is 1. The monoisotopic (exact) mass is 306 g/mol. The molecule has 3 aromatic rings. The van der Waals surface area contributed by atoms with Crippen LogP contribution in [0.15, 0.2) is 60.8 Å². The molecule has 0 unspecified atom stereocenters. The number of anilines is 1. The summed E-state index contributed by atoms with van der Waals surface area (Å²) < 4.78 is 12.8. The Labute approximate surface area is 135 Å². The third-order valence-corrected chi connectivity index (χ3v) is 4.29. The van der Waals surface area contributed by atoms with Crippen LogP contribution in [-0.4, -0.2) is 18.8 Å². The first-order valence-electron chi connectivity index (χ1n) is 7.56. The third-order valence-electron chi connectivity index (χ3n) is 4.29. The highest BCUT2D eigenvalue weighted by Gasteiger charge is 2.25. The molecule has 4 nitrogen and oxygen atoms in total. The van der Waals surface area contributed by atoms with Gasteiger partial charge in [-0.05, 0) is 42.0 Å². The first kappa shape index (κ1) is 13.8. The fourth-order valence-electron chi connectivity index (χ4n) is 3.10. The van der Waals surface area contributed by atoms with Crippen molar-refractivity contribution in [3.63, 3.8) is 0 Å². The number of methoxy groups -OCH3 is 2. The van der Waals surface area contributed by atoms with Crippen molar-refractivity contribution < 1.29 is 9.47 Å². The SMILES string of the molecule is COc1ccc([C@H]2Nc3cc(OC)ccc3-n3cccc32)cc1. The van der Waals surface area contributed by atoms with Gasteiger partial charge in [-0.2, -0.15) is 0 Å². The number of rotatable bonds is 3. The van der Waals surface area contributed by atoms with Crippen LogP contribution in [0.1, 0.15) is 17.3 Å². The number of fused-ring (bicyclic) bond motifs is 3. The molecule has 0 bridgehead atoms. The quantitative estimate of drug-likeness (QED) is 0.794. The second-order valence-electron chi connectivity index (χ2n) is 5.54. The van der Waals surface area contributed by atoms with E-state index >= 15 is 0 Å². The predicted octanol–water partition coefficient (Wildman–Crippen LogP) is 4.01. The van der Waals surface area contributed by atoms with Gasteiger partial charge in [0.2, 0.25) is 0 Å². The van der Waals surface area contributed by atoms with Crippen molar-refractivity contribution in [2.75, 3.05) is 19.5 Å². The summed E-state index contributed by atoms with van der Waals surface area (Å²) >= 11 is 0. The van der Waals surface area contributed by atoms with Crippen molar-refractivity contribution in [3.8, 4) is 17.2 Å². The summed E-state index contributed by atoms with van der Waals surface area (Å²) in [4.78, 5) is 0. The molecule has 0 saturated carbocycles. The van der Waals surface area contributed by atoms with E-state index in [2.05, 4.69) is 46.4 Å². The summed E-state index contributed by atoms with van der Waals surface area (Å²) in [6.07, 6.45) is 2.10. The molecular formula is C19H18N2O2. The van der Waals surface area contributed by atoms with E-state index in [0.29, 0.717) is 0 Å². The number of ether oxygens (including phenoxy) is 2. The number of hydrogen-bond donors (Lipinski definition) is 1. The maximum Gasteiger partial charge on any atom is 0.121 e. The molecule has 0 aliphatic carbocycles. The van der Waals surface area contributed by atoms with Gasteiger partial charge in [0.25, 0.3) is 0 Å². The van der Waals surface area contributed by atoms with Gasteiger partial charge in [-0.3, -0.25) is 0 Å². The van der Waals surface area contributed by atoms with Crippen LogP contribution in [-0.2, 0) is 0 Å². The molecule has 2 aromatic carbocycles. The smallest absolute Gasteiger partial charge is 0.121 e. The highest BCUT2D eigenvalue weighted by molar-refractivity contribution is 5.69. The number of aromatic nitrogens is 1. The molecule has 1 aromatic heterocycles. The highest BCUT2D eigenvalue weighted by Crippen LogP contribution is 2.38. The van der Waals surface area contributed by atoms with Crippen LogP contribution in [0.25, 0.3) is 5.69 Å². The minimum absolute atomic E-state index is 0.0931. The summed E-state index contributed by atoms with van der Waals surface area (Å²) in [7, 11) is 3.37. The normalized spacial score (nSPS) is 15.3. The zero-order chi connectivity index (χ0) is 15.8. The average molecular weight is 306 g/mol. The molecule has 1 atom stereocenters. The lowest BCUT2D eigenvalue weighted by Crippen LogP contribution is -2.22. The number of nitrogens with one attached hydrogen (secondary N) is 1. The van der Waals surface area contributed by atoms with Gasteiger partial charge < -0.3 is 19.4 Å². The molecule has 4 heteroatoms. The van der Waals surface area contributed by atoms with E-state index in [9.17, 15) is 0 Å². The van der Waals surface area contributed by atoms with Gasteiger partial charge in [-0.25, -0.2) is 0 Å². The topological polar surface area (TPSA) is 35.4 Å². The Kier molecular flexibility index (Phi) is 3.23. The second kappa shape index (κ2) is 5.39. The van der Waals surface area contributed by atoms with E-state index in [4.69, 9.17) is 9.47 Å². The summed E-state index contributed by atoms with van der Waals surface area (Å²) in [5, 5.41) is 3.63. The van der Waals surface area contributed by atoms with E-state index in [0.717, 1.165) is 22.9 Å². The van der Waals surface area contributed by atoms with Crippen LogP contribution in [0.5, 0.6) is 11.5 Å². The van der Waals surface area contributed by atoms with Crippen molar-refractivity contribution in [2.24, 2.45) is 0 Å². The first-order chi connectivity index (χ1) is 11.3. The minimum Gasteiger partial charge on any atom is -0.497 e. The molecule has 1 aliphatic rings. The zero-order valence-electron chi connectivity index (χ0n) is 13.1. The summed E-state index contributed by atoms with van der Waals surface area (Å²) in [6, 6.07) is 18.6. The first-order valence-corrected chi connectivity index (χ1v) is 7.56. The molecule has 116 valence electrons. The maximum atomic E-state index is 5.36. The van der Waals surface area contributed by atoms with Gasteiger partial charge >= 0.3 is 0 Å². The van der Waals surface area contributed by atoms with E-state index < -0.39 is 0 Å². The van der Waals surface area contributed by atoms with Crippen LogP contribution in [0, 0.1) is 0 Å². The van der Waals surface area contributed by atoms with Crippen LogP contribution in [0.2, 0.25) is 0 Å². The van der Waals surface area contributed by atoms with E-state index in [1.54, 1.807) is 14.2 Å². The lowest BCUT2D eigenvalue weighted by Gasteiger charge is -2.30. The number of benzene rings is 2. The van der Waals surface area contributed by atoms with Crippen LogP contribution in [0.3, 0.4) is 0 Å². The van der Waals surface area contributed by atoms with Crippen molar-refractivity contribution in [1.29, 1.82) is 0 Å². The van der Waals surface area contributed by atoms with Gasteiger partial charge in [0.05, 0.1) is 31.6 Å². The Morgan fingerprint density at radius 3 is 2.39 bits per heavy atom. The molecule has 1 aliphatic heterocycles. The molecule has 0 amide bonds. The summed E-state index contributed by atoms with van der Waals surface area (Å²) in [6.45, 7) is 0. The molecule has 0 spiro atoms. The Balaban J connectivity index is 1.80. The lowest BCUT2D eigenvalue weighted by atomic mass is 10.0. The molecule has 23 heavy (non-hydrogen) atoms. The number of hydrogen-bond acceptors (Lipinski definition) is 3. The Hall–Kier alpha value is -2.88. The maximum absolute atomic E-state index is 5.36. The van der Waals surface area contributed by atoms with Crippen LogP contribution < -0.4 is 14.8 Å². The largest absolute Gasteiger partial charge is 0.497 e. The molecule has 2 heterocycles. The fourth-order valence-corrected chi connectivity index (χ4v) is 3.10. The molecular weight excluding hydrogens is 288 g/mol. The van der Waals surface area contributed by atoms with E-state index in [1.165, 1.54) is 11.3 Å². The van der Waals surface area contributed by atoms with Crippen molar-refractivity contribution >= 4 is 5.69 Å². The second-order valence-corrected chi connectivity index (χ2v) is 5.54. The molecule has 1 N–H and O–H groups in total. The van der Waals surface area contributed by atoms with Gasteiger partial charge in [0, 0.05) is 18.0 Å². The van der Waals surface area contributed by atoms with Gasteiger partial charge in [0.15, 0.2) is 0 Å². The molecule has 0 radical (unpaired) electrons. The van der Waals surface area contributed by atoms with Crippen molar-refractivity contribution in [1.82, 2.24) is 4.57 Å². The molecule has 0 fully saturated rings. The van der Waals surface area contributed by atoms with E-state index in [1.807, 2.05) is 24.3 Å². The minimum atomic E-state index is 0.0931. The third kappa shape index (κ3) is 2.23. The van der Waals surface area contributed by atoms with Crippen LogP contribution >= 0.6 is 0 Å². The fraction of sp³-hybridized carbons (Fsp3) is 0.158. The van der Waals surface area contributed by atoms with Gasteiger partial charge in [-0.1, -0.05) is 12.1 Å². The Morgan fingerprint density at radius 2 is 1.65 bits per heavy atom. The zero-order valence-corrected chi connectivity index (χ0v) is 13.1. The Morgan fingerprint density at radius 1 is 0.913 bits per heavy atom. The Bertz CT molecular complexity index is 837.